The van der Waals surface area contributed by atoms with E-state index in [0.29, 0.717) is 39.5 Å². The molecule has 0 saturated heterocycles. The highest BCUT2D eigenvalue weighted by atomic mass is 32.1. The van der Waals surface area contributed by atoms with Crippen molar-refractivity contribution in [2.75, 3.05) is 0 Å². The quantitative estimate of drug-likeness (QED) is 0.375. The lowest BCUT2D eigenvalue weighted by molar-refractivity contribution is -0.131. The Morgan fingerprint density at radius 2 is 2.04 bits per heavy atom. The molecular weight excluding hydrogens is 362 g/mol. The molecule has 0 aliphatic rings. The van der Waals surface area contributed by atoms with Crippen molar-refractivity contribution in [1.29, 1.82) is 0 Å². The standard InChI is InChI=1S/C21H17NO4S/c1-4-13-9-14(26-12(3)23)10-16-19(13)20(24)18(11(2)25-16)21-22-15-7-5-6-8-17(15)27-21/h5-10H,4H2,1-3H3. The van der Waals surface area contributed by atoms with Crippen LogP contribution in [-0.2, 0) is 11.2 Å². The topological polar surface area (TPSA) is 69.4 Å². The molecule has 136 valence electrons. The Morgan fingerprint density at radius 1 is 1.26 bits per heavy atom. The fraction of sp³-hybridized carbons (Fsp3) is 0.190. The van der Waals surface area contributed by atoms with E-state index < -0.39 is 5.97 Å². The summed E-state index contributed by atoms with van der Waals surface area (Å²) in [7, 11) is 0. The second kappa shape index (κ2) is 6.63. The van der Waals surface area contributed by atoms with E-state index in [9.17, 15) is 9.59 Å². The second-order valence-corrected chi connectivity index (χ2v) is 7.28. The van der Waals surface area contributed by atoms with Gasteiger partial charge in [-0.15, -0.1) is 11.3 Å². The lowest BCUT2D eigenvalue weighted by Gasteiger charge is -2.10. The molecular formula is C21H17NO4S. The molecule has 0 N–H and O–H groups in total. The highest BCUT2D eigenvalue weighted by molar-refractivity contribution is 7.21. The van der Waals surface area contributed by atoms with Crippen LogP contribution in [0.5, 0.6) is 5.75 Å². The predicted molar refractivity (Wildman–Crippen MR) is 107 cm³/mol. The van der Waals surface area contributed by atoms with E-state index in [1.807, 2.05) is 31.2 Å². The summed E-state index contributed by atoms with van der Waals surface area (Å²) in [5.41, 5.74) is 2.42. The van der Waals surface area contributed by atoms with Crippen molar-refractivity contribution < 1.29 is 13.9 Å². The average Bonchev–Trinajstić information content (AvgIpc) is 3.03. The number of aryl methyl sites for hydroxylation is 2. The Balaban J connectivity index is 2.00. The third-order valence-electron chi connectivity index (χ3n) is 4.38. The summed E-state index contributed by atoms with van der Waals surface area (Å²) in [4.78, 5) is 29.2. The van der Waals surface area contributed by atoms with Crippen LogP contribution < -0.4 is 10.2 Å². The maximum atomic E-state index is 13.3. The van der Waals surface area contributed by atoms with Gasteiger partial charge in [-0.2, -0.15) is 0 Å². The number of para-hydroxylation sites is 1. The smallest absolute Gasteiger partial charge is 0.308 e. The highest BCUT2D eigenvalue weighted by Gasteiger charge is 2.20. The molecule has 0 fully saturated rings. The lowest BCUT2D eigenvalue weighted by atomic mass is 10.0. The summed E-state index contributed by atoms with van der Waals surface area (Å²) in [5, 5.41) is 1.16. The molecule has 0 radical (unpaired) electrons. The van der Waals surface area contributed by atoms with Gasteiger partial charge in [0.15, 0.2) is 0 Å². The van der Waals surface area contributed by atoms with Crippen LogP contribution in [0.25, 0.3) is 31.8 Å². The fourth-order valence-electron chi connectivity index (χ4n) is 3.21. The Kier molecular flexibility index (Phi) is 4.28. The zero-order valence-electron chi connectivity index (χ0n) is 15.2. The molecule has 0 saturated carbocycles. The van der Waals surface area contributed by atoms with Gasteiger partial charge in [0.05, 0.1) is 21.2 Å². The number of esters is 1. The Bertz CT molecular complexity index is 1220. The van der Waals surface area contributed by atoms with E-state index >= 15 is 0 Å². The molecule has 0 amide bonds. The number of aromatic nitrogens is 1. The van der Waals surface area contributed by atoms with E-state index in [4.69, 9.17) is 9.15 Å². The molecule has 0 aliphatic heterocycles. The van der Waals surface area contributed by atoms with E-state index in [0.717, 1.165) is 15.8 Å². The van der Waals surface area contributed by atoms with Crippen molar-refractivity contribution in [3.8, 4) is 16.3 Å². The van der Waals surface area contributed by atoms with Crippen LogP contribution in [-0.4, -0.2) is 11.0 Å². The number of benzene rings is 2. The number of nitrogens with zero attached hydrogens (tertiary/aromatic N) is 1. The van der Waals surface area contributed by atoms with Crippen LogP contribution in [0.3, 0.4) is 0 Å². The van der Waals surface area contributed by atoms with Crippen LogP contribution >= 0.6 is 11.3 Å². The normalized spacial score (nSPS) is 11.2. The van der Waals surface area contributed by atoms with Crippen molar-refractivity contribution in [2.45, 2.75) is 27.2 Å². The molecule has 5 nitrogen and oxygen atoms in total. The van der Waals surface area contributed by atoms with Crippen molar-refractivity contribution in [2.24, 2.45) is 0 Å². The van der Waals surface area contributed by atoms with Gasteiger partial charge in [-0.05, 0) is 37.1 Å². The minimum Gasteiger partial charge on any atom is -0.460 e. The molecule has 0 spiro atoms. The third-order valence-corrected chi connectivity index (χ3v) is 5.43. The molecule has 0 bridgehead atoms. The summed E-state index contributed by atoms with van der Waals surface area (Å²) in [5.74, 6) is 0.456. The van der Waals surface area contributed by atoms with Gasteiger partial charge in [0.2, 0.25) is 5.43 Å². The van der Waals surface area contributed by atoms with E-state index in [-0.39, 0.29) is 5.43 Å². The third kappa shape index (κ3) is 3.02. The van der Waals surface area contributed by atoms with E-state index in [1.165, 1.54) is 18.3 Å². The van der Waals surface area contributed by atoms with Crippen molar-refractivity contribution in [3.63, 3.8) is 0 Å². The number of hydrogen-bond acceptors (Lipinski definition) is 6. The molecule has 0 unspecified atom stereocenters. The monoisotopic (exact) mass is 379 g/mol. The minimum atomic E-state index is -0.415. The van der Waals surface area contributed by atoms with Crippen LogP contribution in [0.4, 0.5) is 0 Å². The van der Waals surface area contributed by atoms with Crippen LogP contribution in [0.2, 0.25) is 0 Å². The van der Waals surface area contributed by atoms with Crippen LogP contribution in [0.1, 0.15) is 25.2 Å². The number of rotatable bonds is 3. The van der Waals surface area contributed by atoms with Crippen LogP contribution in [0.15, 0.2) is 45.6 Å². The zero-order chi connectivity index (χ0) is 19.1. The molecule has 0 atom stereocenters. The SMILES string of the molecule is CCc1cc(OC(C)=O)cc2oc(C)c(-c3nc4ccccc4s3)c(=O)c12. The minimum absolute atomic E-state index is 0.112. The maximum absolute atomic E-state index is 13.3. The zero-order valence-corrected chi connectivity index (χ0v) is 16.0. The summed E-state index contributed by atoms with van der Waals surface area (Å²) in [6.45, 7) is 5.04. The van der Waals surface area contributed by atoms with Crippen molar-refractivity contribution in [1.82, 2.24) is 4.98 Å². The number of ether oxygens (including phenoxy) is 1. The summed E-state index contributed by atoms with van der Waals surface area (Å²) in [6, 6.07) is 11.1. The van der Waals surface area contributed by atoms with Gasteiger partial charge in [-0.3, -0.25) is 9.59 Å². The lowest BCUT2D eigenvalue weighted by Crippen LogP contribution is -2.10. The average molecular weight is 379 g/mol. The summed E-state index contributed by atoms with van der Waals surface area (Å²) >= 11 is 1.47. The molecule has 27 heavy (non-hydrogen) atoms. The molecule has 2 aromatic carbocycles. The highest BCUT2D eigenvalue weighted by Crippen LogP contribution is 2.33. The summed E-state index contributed by atoms with van der Waals surface area (Å²) < 4.78 is 12.2. The molecule has 4 rings (SSSR count). The first-order valence-electron chi connectivity index (χ1n) is 8.62. The maximum Gasteiger partial charge on any atom is 0.308 e. The number of fused-ring (bicyclic) bond motifs is 2. The number of thiazole rings is 1. The first kappa shape index (κ1) is 17.4. The van der Waals surface area contributed by atoms with Gasteiger partial charge in [0.1, 0.15) is 22.1 Å². The first-order valence-corrected chi connectivity index (χ1v) is 9.44. The van der Waals surface area contributed by atoms with Gasteiger partial charge < -0.3 is 9.15 Å². The first-order chi connectivity index (χ1) is 13.0. The molecule has 2 aromatic heterocycles. The number of carbonyl (C=O) groups excluding carboxylic acids is 1. The van der Waals surface area contributed by atoms with Gasteiger partial charge in [0.25, 0.3) is 0 Å². The molecule has 6 heteroatoms. The van der Waals surface area contributed by atoms with Crippen LogP contribution in [0, 0.1) is 6.92 Å². The second-order valence-electron chi connectivity index (χ2n) is 6.25. The van der Waals surface area contributed by atoms with E-state index in [2.05, 4.69) is 4.98 Å². The summed E-state index contributed by atoms with van der Waals surface area (Å²) in [6.07, 6.45) is 0.610. The van der Waals surface area contributed by atoms with E-state index in [1.54, 1.807) is 19.1 Å². The Hall–Kier alpha value is -2.99. The molecule has 0 aliphatic carbocycles. The van der Waals surface area contributed by atoms with Crippen molar-refractivity contribution in [3.05, 3.63) is 57.9 Å². The Morgan fingerprint density at radius 3 is 2.74 bits per heavy atom. The van der Waals surface area contributed by atoms with Gasteiger partial charge >= 0.3 is 5.97 Å². The Labute approximate surface area is 159 Å². The van der Waals surface area contributed by atoms with Gasteiger partial charge in [-0.25, -0.2) is 4.98 Å². The van der Waals surface area contributed by atoms with Crippen molar-refractivity contribution >= 4 is 38.5 Å². The number of carbonyl (C=O) groups is 1. The predicted octanol–water partition coefficient (Wildman–Crippen LogP) is 4.87. The molecule has 4 aromatic rings. The van der Waals surface area contributed by atoms with Gasteiger partial charge in [-0.1, -0.05) is 19.1 Å². The number of hydrogen-bond donors (Lipinski definition) is 0. The van der Waals surface area contributed by atoms with Gasteiger partial charge in [0, 0.05) is 13.0 Å². The molecule has 2 heterocycles. The fourth-order valence-corrected chi connectivity index (χ4v) is 4.27. The largest absolute Gasteiger partial charge is 0.460 e.